The number of carbonyl (C=O) groups excluding carboxylic acids is 1. The lowest BCUT2D eigenvalue weighted by molar-refractivity contribution is -0.116. The zero-order chi connectivity index (χ0) is 17.6. The highest BCUT2D eigenvalue weighted by atomic mass is 32.1. The number of aromatic amines is 1. The minimum atomic E-state index is -0.202. The molecule has 132 valence electrons. The van der Waals surface area contributed by atoms with E-state index in [1.807, 2.05) is 17.5 Å². The van der Waals surface area contributed by atoms with Crippen LogP contribution in [0.25, 0.3) is 10.7 Å². The number of hydrogen-bond acceptors (Lipinski definition) is 7. The monoisotopic (exact) mass is 394 g/mol. The molecule has 0 aromatic carbocycles. The lowest BCUT2D eigenvalue weighted by Gasteiger charge is -2.05. The maximum atomic E-state index is 12.3. The molecule has 7 nitrogen and oxygen atoms in total. The van der Waals surface area contributed by atoms with Crippen molar-refractivity contribution < 1.29 is 4.79 Å². The molecule has 3 aromatic heterocycles. The third-order valence-corrected chi connectivity index (χ3v) is 5.58. The number of aromatic nitrogens is 5. The summed E-state index contributed by atoms with van der Waals surface area (Å²) in [5.74, 6) is 0.458. The number of rotatable bonds is 8. The number of nitrogens with one attached hydrogen (secondary N) is 2. The maximum Gasteiger partial charge on any atom is 0.246 e. The second-order valence-corrected chi connectivity index (χ2v) is 7.82. The van der Waals surface area contributed by atoms with Crippen molar-refractivity contribution in [3.63, 3.8) is 0 Å². The number of anilines is 1. The summed E-state index contributed by atoms with van der Waals surface area (Å²) >= 11 is 8.20. The molecule has 0 aliphatic carbocycles. The number of aryl methyl sites for hydroxylation is 1. The minimum absolute atomic E-state index is 0.0767. The van der Waals surface area contributed by atoms with Crippen LogP contribution in [0, 0.1) is 4.77 Å². The van der Waals surface area contributed by atoms with Gasteiger partial charge < -0.3 is 0 Å². The van der Waals surface area contributed by atoms with Crippen molar-refractivity contribution in [1.29, 1.82) is 0 Å². The Balaban J connectivity index is 1.64. The summed E-state index contributed by atoms with van der Waals surface area (Å²) in [5, 5.41) is 21.3. The van der Waals surface area contributed by atoms with Crippen LogP contribution < -0.4 is 5.32 Å². The van der Waals surface area contributed by atoms with Crippen LogP contribution in [0.1, 0.15) is 31.2 Å². The van der Waals surface area contributed by atoms with Crippen molar-refractivity contribution in [2.45, 2.75) is 39.2 Å². The van der Waals surface area contributed by atoms with Gasteiger partial charge in [-0.3, -0.25) is 19.8 Å². The first-order valence-electron chi connectivity index (χ1n) is 7.98. The number of H-pyrrole nitrogens is 1. The average molecular weight is 395 g/mol. The summed E-state index contributed by atoms with van der Waals surface area (Å²) in [4.78, 5) is 13.3. The molecule has 25 heavy (non-hydrogen) atoms. The van der Waals surface area contributed by atoms with E-state index < -0.39 is 0 Å². The van der Waals surface area contributed by atoms with E-state index in [-0.39, 0.29) is 12.5 Å². The number of nitrogens with zero attached hydrogens (tertiary/aromatic N) is 4. The fourth-order valence-corrected chi connectivity index (χ4v) is 4.01. The van der Waals surface area contributed by atoms with Crippen molar-refractivity contribution in [2.75, 3.05) is 5.32 Å². The van der Waals surface area contributed by atoms with E-state index in [2.05, 4.69) is 32.6 Å². The molecule has 0 aliphatic rings. The van der Waals surface area contributed by atoms with E-state index in [9.17, 15) is 4.79 Å². The lowest BCUT2D eigenvalue weighted by Crippen LogP contribution is -2.19. The molecule has 0 spiro atoms. The first-order valence-corrected chi connectivity index (χ1v) is 10.1. The van der Waals surface area contributed by atoms with Crippen LogP contribution in [0.15, 0.2) is 17.5 Å². The Labute approximate surface area is 158 Å². The van der Waals surface area contributed by atoms with E-state index >= 15 is 0 Å². The molecule has 0 fully saturated rings. The fraction of sp³-hybridized carbons (Fsp3) is 0.400. The number of hydrogen-bond donors (Lipinski definition) is 2. The standard InChI is InChI=1S/C15H18N6OS3/c1-2-3-4-7-12-17-19-14(25-12)16-11(22)9-21-13(18-20-15(21)23)10-6-5-8-24-10/h5-6,8H,2-4,7,9H2,1H3,(H,20,23)(H,16,19,22). The van der Waals surface area contributed by atoms with Crippen LogP contribution in [-0.4, -0.2) is 30.9 Å². The van der Waals surface area contributed by atoms with Crippen LogP contribution in [0.3, 0.4) is 0 Å². The Bertz CT molecular complexity index is 879. The molecule has 0 unspecified atom stereocenters. The molecular weight excluding hydrogens is 376 g/mol. The van der Waals surface area contributed by atoms with E-state index in [0.717, 1.165) is 22.7 Å². The van der Waals surface area contributed by atoms with Gasteiger partial charge in [0.15, 0.2) is 10.6 Å². The summed E-state index contributed by atoms with van der Waals surface area (Å²) < 4.78 is 2.09. The molecule has 0 bridgehead atoms. The summed E-state index contributed by atoms with van der Waals surface area (Å²) in [6, 6.07) is 3.88. The summed E-state index contributed by atoms with van der Waals surface area (Å²) in [6.07, 6.45) is 4.33. The summed E-state index contributed by atoms with van der Waals surface area (Å²) in [5.41, 5.74) is 0. The molecule has 2 N–H and O–H groups in total. The third-order valence-electron chi connectivity index (χ3n) is 3.51. The molecule has 0 saturated carbocycles. The Kier molecular flexibility index (Phi) is 6.05. The molecule has 0 aliphatic heterocycles. The molecule has 0 atom stereocenters. The SMILES string of the molecule is CCCCCc1nnc(NC(=O)Cn2c(-c3cccs3)n[nH]c2=S)s1. The van der Waals surface area contributed by atoms with E-state index in [1.165, 1.54) is 24.2 Å². The zero-order valence-electron chi connectivity index (χ0n) is 13.7. The highest BCUT2D eigenvalue weighted by Crippen LogP contribution is 2.23. The van der Waals surface area contributed by atoms with Crippen molar-refractivity contribution in [3.05, 3.63) is 27.3 Å². The van der Waals surface area contributed by atoms with Crippen LogP contribution in [0.2, 0.25) is 0 Å². The van der Waals surface area contributed by atoms with Crippen LogP contribution in [0.5, 0.6) is 0 Å². The summed E-state index contributed by atoms with van der Waals surface area (Å²) in [6.45, 7) is 2.24. The Morgan fingerprint density at radius 3 is 3.04 bits per heavy atom. The third kappa shape index (κ3) is 4.59. The normalized spacial score (nSPS) is 10.9. The lowest BCUT2D eigenvalue weighted by atomic mass is 10.2. The van der Waals surface area contributed by atoms with Gasteiger partial charge in [-0.05, 0) is 30.1 Å². The topological polar surface area (TPSA) is 88.5 Å². The minimum Gasteiger partial charge on any atom is -0.299 e. The van der Waals surface area contributed by atoms with Crippen molar-refractivity contribution in [2.24, 2.45) is 0 Å². The van der Waals surface area contributed by atoms with E-state index in [1.54, 1.807) is 15.9 Å². The van der Waals surface area contributed by atoms with Crippen LogP contribution in [-0.2, 0) is 17.8 Å². The second-order valence-electron chi connectivity index (χ2n) is 5.42. The highest BCUT2D eigenvalue weighted by Gasteiger charge is 2.14. The fourth-order valence-electron chi connectivity index (χ4n) is 2.29. The molecule has 10 heteroatoms. The van der Waals surface area contributed by atoms with Gasteiger partial charge in [-0.1, -0.05) is 37.2 Å². The van der Waals surface area contributed by atoms with Gasteiger partial charge in [0.05, 0.1) is 4.88 Å². The smallest absolute Gasteiger partial charge is 0.246 e. The molecule has 0 radical (unpaired) electrons. The van der Waals surface area contributed by atoms with Crippen LogP contribution in [0.4, 0.5) is 5.13 Å². The predicted molar refractivity (Wildman–Crippen MR) is 102 cm³/mol. The first kappa shape index (κ1) is 17.9. The van der Waals surface area contributed by atoms with Gasteiger partial charge in [-0.2, -0.15) is 5.10 Å². The van der Waals surface area contributed by atoms with Crippen molar-refractivity contribution >= 4 is 45.9 Å². The van der Waals surface area contributed by atoms with E-state index in [0.29, 0.717) is 15.7 Å². The Morgan fingerprint density at radius 2 is 2.28 bits per heavy atom. The Morgan fingerprint density at radius 1 is 1.40 bits per heavy atom. The highest BCUT2D eigenvalue weighted by molar-refractivity contribution is 7.71. The van der Waals surface area contributed by atoms with Gasteiger partial charge in [0.25, 0.3) is 0 Å². The van der Waals surface area contributed by atoms with Gasteiger partial charge in [0, 0.05) is 6.42 Å². The molecule has 1 amide bonds. The molecule has 0 saturated heterocycles. The first-order chi connectivity index (χ1) is 12.2. The number of unbranched alkanes of at least 4 members (excludes halogenated alkanes) is 2. The number of amides is 1. The van der Waals surface area contributed by atoms with E-state index in [4.69, 9.17) is 12.2 Å². The predicted octanol–water partition coefficient (Wildman–Crippen LogP) is 3.89. The molecule has 3 rings (SSSR count). The average Bonchev–Trinajstić information content (AvgIpc) is 3.31. The van der Waals surface area contributed by atoms with Crippen molar-refractivity contribution in [3.8, 4) is 10.7 Å². The summed E-state index contributed by atoms with van der Waals surface area (Å²) in [7, 11) is 0. The zero-order valence-corrected chi connectivity index (χ0v) is 16.1. The van der Waals surface area contributed by atoms with Gasteiger partial charge in [-0.25, -0.2) is 0 Å². The molecule has 3 aromatic rings. The number of carbonyl (C=O) groups is 1. The largest absolute Gasteiger partial charge is 0.299 e. The maximum absolute atomic E-state index is 12.3. The second kappa shape index (κ2) is 8.45. The van der Waals surface area contributed by atoms with Gasteiger partial charge in [0.1, 0.15) is 11.6 Å². The quantitative estimate of drug-likeness (QED) is 0.447. The van der Waals surface area contributed by atoms with Crippen molar-refractivity contribution in [1.82, 2.24) is 25.0 Å². The van der Waals surface area contributed by atoms with Gasteiger partial charge >= 0.3 is 0 Å². The van der Waals surface area contributed by atoms with Crippen LogP contribution >= 0.6 is 34.9 Å². The molecular formula is C15H18N6OS3. The molecule has 3 heterocycles. The number of thiophene rings is 1. The Hall–Kier alpha value is -1.91. The van der Waals surface area contributed by atoms with Gasteiger partial charge in [0.2, 0.25) is 11.0 Å². The van der Waals surface area contributed by atoms with Gasteiger partial charge in [-0.15, -0.1) is 21.5 Å².